The largest absolute Gasteiger partial charge is 0.315 e. The Kier molecular flexibility index (Phi) is 4.74. The Morgan fingerprint density at radius 1 is 1.38 bits per heavy atom. The van der Waals surface area contributed by atoms with Crippen molar-refractivity contribution in [1.29, 1.82) is 0 Å². The van der Waals surface area contributed by atoms with Gasteiger partial charge < -0.3 is 5.32 Å². The predicted molar refractivity (Wildman–Crippen MR) is 58.0 cm³/mol. The van der Waals surface area contributed by atoms with Crippen LogP contribution in [0.1, 0.15) is 39.5 Å². The van der Waals surface area contributed by atoms with E-state index in [0.717, 1.165) is 12.1 Å². The second-order valence-electron chi connectivity index (χ2n) is 4.14. The van der Waals surface area contributed by atoms with E-state index >= 15 is 0 Å². The van der Waals surface area contributed by atoms with Crippen molar-refractivity contribution >= 4 is 0 Å². The molecule has 2 heteroatoms. The van der Waals surface area contributed by atoms with E-state index in [1.807, 2.05) is 0 Å². The number of rotatable bonds is 4. The Balaban J connectivity index is 2.38. The fourth-order valence-corrected chi connectivity index (χ4v) is 2.34. The van der Waals surface area contributed by atoms with E-state index < -0.39 is 0 Å². The van der Waals surface area contributed by atoms with Crippen LogP contribution in [0.4, 0.5) is 0 Å². The van der Waals surface area contributed by atoms with Gasteiger partial charge in [0, 0.05) is 18.6 Å². The molecule has 0 aromatic rings. The van der Waals surface area contributed by atoms with Gasteiger partial charge in [-0.25, -0.2) is 0 Å². The van der Waals surface area contributed by atoms with Crippen LogP contribution in [0, 0.1) is 0 Å². The molecule has 0 aromatic heterocycles. The fourth-order valence-electron chi connectivity index (χ4n) is 2.34. The maximum absolute atomic E-state index is 3.48. The molecule has 1 heterocycles. The van der Waals surface area contributed by atoms with Crippen LogP contribution in [0.3, 0.4) is 0 Å². The molecule has 0 saturated carbocycles. The average Bonchev–Trinajstić information content (AvgIpc) is 2.21. The van der Waals surface area contributed by atoms with Crippen molar-refractivity contribution in [2.45, 2.75) is 51.6 Å². The molecule has 0 bridgehead atoms. The quantitative estimate of drug-likeness (QED) is 0.717. The van der Waals surface area contributed by atoms with Crippen molar-refractivity contribution in [3.05, 3.63) is 0 Å². The van der Waals surface area contributed by atoms with E-state index in [0.29, 0.717) is 0 Å². The Morgan fingerprint density at radius 2 is 2.08 bits per heavy atom. The molecule has 1 N–H and O–H groups in total. The van der Waals surface area contributed by atoms with Gasteiger partial charge >= 0.3 is 0 Å². The highest BCUT2D eigenvalue weighted by molar-refractivity contribution is 4.80. The number of likely N-dealkylation sites (N-methyl/N-ethyl adjacent to an activating group) is 1. The second kappa shape index (κ2) is 5.61. The van der Waals surface area contributed by atoms with Crippen LogP contribution >= 0.6 is 0 Å². The van der Waals surface area contributed by atoms with E-state index in [4.69, 9.17) is 0 Å². The first kappa shape index (κ1) is 11.0. The molecule has 1 aliphatic rings. The van der Waals surface area contributed by atoms with Crippen molar-refractivity contribution in [2.24, 2.45) is 0 Å². The number of hydrogen-bond acceptors (Lipinski definition) is 2. The summed E-state index contributed by atoms with van der Waals surface area (Å²) < 4.78 is 0. The standard InChI is InChI=1S/C11H24N2/c1-4-10(5-2)13(3)11-7-6-8-12-9-11/h10-12H,4-9H2,1-3H3/t11-/m1/s1. The maximum atomic E-state index is 3.48. The lowest BCUT2D eigenvalue weighted by Crippen LogP contribution is -2.48. The molecular formula is C11H24N2. The zero-order valence-electron chi connectivity index (χ0n) is 9.34. The normalized spacial score (nSPS) is 24.2. The van der Waals surface area contributed by atoms with Crippen LogP contribution in [-0.4, -0.2) is 37.1 Å². The van der Waals surface area contributed by atoms with Gasteiger partial charge in [-0.3, -0.25) is 4.90 Å². The molecule has 78 valence electrons. The Labute approximate surface area is 82.7 Å². The van der Waals surface area contributed by atoms with Gasteiger partial charge in [0.05, 0.1) is 0 Å². The van der Waals surface area contributed by atoms with Crippen LogP contribution in [0.15, 0.2) is 0 Å². The zero-order chi connectivity index (χ0) is 9.68. The van der Waals surface area contributed by atoms with E-state index in [9.17, 15) is 0 Å². The monoisotopic (exact) mass is 184 g/mol. The highest BCUT2D eigenvalue weighted by atomic mass is 15.2. The minimum absolute atomic E-state index is 0.777. The lowest BCUT2D eigenvalue weighted by atomic mass is 10.0. The van der Waals surface area contributed by atoms with Gasteiger partial charge in [0.25, 0.3) is 0 Å². The van der Waals surface area contributed by atoms with Gasteiger partial charge in [-0.15, -0.1) is 0 Å². The van der Waals surface area contributed by atoms with Gasteiger partial charge in [-0.2, -0.15) is 0 Å². The summed E-state index contributed by atoms with van der Waals surface area (Å²) in [5.74, 6) is 0. The number of piperidine rings is 1. The van der Waals surface area contributed by atoms with Crippen molar-refractivity contribution in [3.8, 4) is 0 Å². The molecule has 0 unspecified atom stereocenters. The van der Waals surface area contributed by atoms with E-state index in [1.165, 1.54) is 38.8 Å². The van der Waals surface area contributed by atoms with Crippen molar-refractivity contribution in [2.75, 3.05) is 20.1 Å². The van der Waals surface area contributed by atoms with Crippen LogP contribution in [0.2, 0.25) is 0 Å². The number of hydrogen-bond donors (Lipinski definition) is 1. The fraction of sp³-hybridized carbons (Fsp3) is 1.00. The van der Waals surface area contributed by atoms with E-state index in [2.05, 4.69) is 31.1 Å². The third-order valence-corrected chi connectivity index (χ3v) is 3.37. The molecule has 1 saturated heterocycles. The molecule has 1 atom stereocenters. The van der Waals surface area contributed by atoms with Gasteiger partial charge in [-0.05, 0) is 39.3 Å². The summed E-state index contributed by atoms with van der Waals surface area (Å²) >= 11 is 0. The first-order chi connectivity index (χ1) is 6.29. The molecule has 1 aliphatic heterocycles. The smallest absolute Gasteiger partial charge is 0.0220 e. The zero-order valence-corrected chi connectivity index (χ0v) is 9.34. The number of nitrogens with zero attached hydrogens (tertiary/aromatic N) is 1. The van der Waals surface area contributed by atoms with Crippen molar-refractivity contribution in [1.82, 2.24) is 10.2 Å². The van der Waals surface area contributed by atoms with Crippen LogP contribution < -0.4 is 5.32 Å². The van der Waals surface area contributed by atoms with Gasteiger partial charge in [0.15, 0.2) is 0 Å². The summed E-state index contributed by atoms with van der Waals surface area (Å²) in [6, 6.07) is 1.56. The predicted octanol–water partition coefficient (Wildman–Crippen LogP) is 1.86. The summed E-state index contributed by atoms with van der Waals surface area (Å²) in [6.45, 7) is 6.99. The Morgan fingerprint density at radius 3 is 2.54 bits per heavy atom. The molecule has 0 aromatic carbocycles. The summed E-state index contributed by atoms with van der Waals surface area (Å²) in [5.41, 5.74) is 0. The van der Waals surface area contributed by atoms with E-state index in [1.54, 1.807) is 0 Å². The third-order valence-electron chi connectivity index (χ3n) is 3.37. The van der Waals surface area contributed by atoms with Crippen LogP contribution in [0.5, 0.6) is 0 Å². The molecule has 1 rings (SSSR count). The minimum atomic E-state index is 0.777. The second-order valence-corrected chi connectivity index (χ2v) is 4.14. The van der Waals surface area contributed by atoms with Gasteiger partial charge in [-0.1, -0.05) is 13.8 Å². The van der Waals surface area contributed by atoms with Crippen molar-refractivity contribution < 1.29 is 0 Å². The van der Waals surface area contributed by atoms with Crippen LogP contribution in [-0.2, 0) is 0 Å². The lowest BCUT2D eigenvalue weighted by Gasteiger charge is -2.36. The first-order valence-corrected chi connectivity index (χ1v) is 5.72. The van der Waals surface area contributed by atoms with Crippen molar-refractivity contribution in [3.63, 3.8) is 0 Å². The molecule has 0 aliphatic carbocycles. The van der Waals surface area contributed by atoms with Crippen LogP contribution in [0.25, 0.3) is 0 Å². The molecule has 0 radical (unpaired) electrons. The highest BCUT2D eigenvalue weighted by Crippen LogP contribution is 2.15. The SMILES string of the molecule is CCC(CC)N(C)[C@@H]1CCCNC1. The average molecular weight is 184 g/mol. The molecule has 0 amide bonds. The molecule has 0 spiro atoms. The molecule has 13 heavy (non-hydrogen) atoms. The maximum Gasteiger partial charge on any atom is 0.0220 e. The highest BCUT2D eigenvalue weighted by Gasteiger charge is 2.21. The molecule has 2 nitrogen and oxygen atoms in total. The number of nitrogens with one attached hydrogen (secondary N) is 1. The molecule has 1 fully saturated rings. The topological polar surface area (TPSA) is 15.3 Å². The minimum Gasteiger partial charge on any atom is -0.315 e. The third kappa shape index (κ3) is 2.96. The lowest BCUT2D eigenvalue weighted by molar-refractivity contribution is 0.139. The summed E-state index contributed by atoms with van der Waals surface area (Å²) in [6.07, 6.45) is 5.28. The molecular weight excluding hydrogens is 160 g/mol. The van der Waals surface area contributed by atoms with E-state index in [-0.39, 0.29) is 0 Å². The Hall–Kier alpha value is -0.0800. The Bertz CT molecular complexity index is 126. The van der Waals surface area contributed by atoms with Gasteiger partial charge in [0.2, 0.25) is 0 Å². The first-order valence-electron chi connectivity index (χ1n) is 5.72. The summed E-state index contributed by atoms with van der Waals surface area (Å²) in [7, 11) is 2.29. The van der Waals surface area contributed by atoms with Gasteiger partial charge in [0.1, 0.15) is 0 Å². The summed E-state index contributed by atoms with van der Waals surface area (Å²) in [4.78, 5) is 2.58. The summed E-state index contributed by atoms with van der Waals surface area (Å²) in [5, 5.41) is 3.48.